The summed E-state index contributed by atoms with van der Waals surface area (Å²) in [4.78, 5) is 0. The van der Waals surface area contributed by atoms with Gasteiger partial charge in [0, 0.05) is 20.7 Å². The molecule has 0 aliphatic carbocycles. The number of ether oxygens (including phenoxy) is 1. The predicted molar refractivity (Wildman–Crippen MR) is 47.2 cm³/mol. The number of hydrogen-bond acceptors (Lipinski definition) is 4. The number of methoxy groups -OCH3 is 1. The number of hydrogen-bond donors (Lipinski definition) is 1. The largest absolute Gasteiger partial charge is 0.380 e. The number of rotatable bonds is 2. The van der Waals surface area contributed by atoms with Crippen molar-refractivity contribution in [1.82, 2.24) is 20.1 Å². The summed E-state index contributed by atoms with van der Waals surface area (Å²) in [5.41, 5.74) is 0. The lowest BCUT2D eigenvalue weighted by atomic mass is 10.2. The quantitative estimate of drug-likeness (QED) is 0.692. The molecule has 13 heavy (non-hydrogen) atoms. The highest BCUT2D eigenvalue weighted by atomic mass is 16.5. The van der Waals surface area contributed by atoms with Crippen LogP contribution >= 0.6 is 0 Å². The van der Waals surface area contributed by atoms with E-state index in [9.17, 15) is 0 Å². The average molecular weight is 182 g/mol. The second-order valence-corrected chi connectivity index (χ2v) is 3.35. The summed E-state index contributed by atoms with van der Waals surface area (Å²) in [5.74, 6) is 0.986. The Morgan fingerprint density at radius 3 is 3.08 bits per heavy atom. The summed E-state index contributed by atoms with van der Waals surface area (Å²) in [7, 11) is 3.70. The predicted octanol–water partition coefficient (Wildman–Crippen LogP) is -0.136. The van der Waals surface area contributed by atoms with Gasteiger partial charge in [0.05, 0.1) is 12.1 Å². The van der Waals surface area contributed by atoms with Crippen molar-refractivity contribution in [1.29, 1.82) is 0 Å². The van der Waals surface area contributed by atoms with Crippen molar-refractivity contribution >= 4 is 0 Å². The Hall–Kier alpha value is -0.940. The van der Waals surface area contributed by atoms with Crippen LogP contribution in [0.3, 0.4) is 0 Å². The van der Waals surface area contributed by atoms with Gasteiger partial charge < -0.3 is 14.6 Å². The topological polar surface area (TPSA) is 52.0 Å². The van der Waals surface area contributed by atoms with E-state index in [1.807, 2.05) is 11.6 Å². The maximum Gasteiger partial charge on any atom is 0.149 e. The lowest BCUT2D eigenvalue weighted by Crippen LogP contribution is -2.18. The van der Waals surface area contributed by atoms with Crippen molar-refractivity contribution in [2.24, 2.45) is 7.05 Å². The van der Waals surface area contributed by atoms with E-state index in [0.717, 1.165) is 18.8 Å². The van der Waals surface area contributed by atoms with Gasteiger partial charge in [0.1, 0.15) is 12.2 Å². The zero-order chi connectivity index (χ0) is 9.26. The fourth-order valence-electron chi connectivity index (χ4n) is 1.69. The molecule has 1 aromatic heterocycles. The molecule has 0 unspecified atom stereocenters. The zero-order valence-corrected chi connectivity index (χ0v) is 7.90. The van der Waals surface area contributed by atoms with Gasteiger partial charge in [-0.25, -0.2) is 0 Å². The average Bonchev–Trinajstić information content (AvgIpc) is 2.71. The third kappa shape index (κ3) is 1.57. The minimum atomic E-state index is 0.289. The van der Waals surface area contributed by atoms with Crippen LogP contribution in [0, 0.1) is 0 Å². The van der Waals surface area contributed by atoms with Gasteiger partial charge in [0.15, 0.2) is 0 Å². The monoisotopic (exact) mass is 182 g/mol. The number of aromatic nitrogens is 3. The maximum atomic E-state index is 5.26. The van der Waals surface area contributed by atoms with Gasteiger partial charge in [0.2, 0.25) is 0 Å². The van der Waals surface area contributed by atoms with Gasteiger partial charge in [-0.05, 0) is 6.42 Å². The molecular formula is C8H14N4O. The molecule has 0 aromatic carbocycles. The summed E-state index contributed by atoms with van der Waals surface area (Å²) in [6.07, 6.45) is 3.00. The first kappa shape index (κ1) is 8.65. The van der Waals surface area contributed by atoms with E-state index >= 15 is 0 Å². The van der Waals surface area contributed by atoms with Gasteiger partial charge in [-0.2, -0.15) is 0 Å². The first-order chi connectivity index (χ1) is 6.31. The van der Waals surface area contributed by atoms with E-state index in [-0.39, 0.29) is 6.04 Å². The second kappa shape index (κ2) is 3.43. The highest BCUT2D eigenvalue weighted by Crippen LogP contribution is 2.22. The van der Waals surface area contributed by atoms with Crippen molar-refractivity contribution in [3.05, 3.63) is 12.2 Å². The van der Waals surface area contributed by atoms with E-state index in [4.69, 9.17) is 4.74 Å². The first-order valence-electron chi connectivity index (χ1n) is 4.41. The fourth-order valence-corrected chi connectivity index (χ4v) is 1.69. The molecule has 1 saturated heterocycles. The summed E-state index contributed by atoms with van der Waals surface area (Å²) in [6, 6.07) is 0.289. The minimum Gasteiger partial charge on any atom is -0.380 e. The van der Waals surface area contributed by atoms with Gasteiger partial charge in [-0.1, -0.05) is 0 Å². The minimum absolute atomic E-state index is 0.289. The third-order valence-corrected chi connectivity index (χ3v) is 2.48. The fraction of sp³-hybridized carbons (Fsp3) is 0.750. The summed E-state index contributed by atoms with van der Waals surface area (Å²) in [5, 5.41) is 11.3. The van der Waals surface area contributed by atoms with Gasteiger partial charge >= 0.3 is 0 Å². The lowest BCUT2D eigenvalue weighted by molar-refractivity contribution is 0.117. The molecule has 1 aromatic rings. The Kier molecular flexibility index (Phi) is 2.28. The van der Waals surface area contributed by atoms with E-state index < -0.39 is 0 Å². The molecule has 5 nitrogen and oxygen atoms in total. The number of aryl methyl sites for hydroxylation is 1. The van der Waals surface area contributed by atoms with Crippen LogP contribution in [0.1, 0.15) is 18.3 Å². The van der Waals surface area contributed by atoms with Crippen LogP contribution in [0.4, 0.5) is 0 Å². The van der Waals surface area contributed by atoms with Crippen molar-refractivity contribution < 1.29 is 4.74 Å². The smallest absolute Gasteiger partial charge is 0.149 e. The molecule has 5 heteroatoms. The molecule has 0 spiro atoms. The Labute approximate surface area is 77.1 Å². The van der Waals surface area contributed by atoms with Crippen LogP contribution < -0.4 is 5.32 Å². The lowest BCUT2D eigenvalue weighted by Gasteiger charge is -2.08. The zero-order valence-electron chi connectivity index (χ0n) is 7.90. The van der Waals surface area contributed by atoms with E-state index in [2.05, 4.69) is 15.5 Å². The molecule has 72 valence electrons. The highest BCUT2D eigenvalue weighted by molar-refractivity contribution is 4.99. The van der Waals surface area contributed by atoms with Gasteiger partial charge in [-0.15, -0.1) is 10.2 Å². The van der Waals surface area contributed by atoms with Crippen molar-refractivity contribution in [3.63, 3.8) is 0 Å². The number of nitrogens with zero attached hydrogens (tertiary/aromatic N) is 3. The summed E-state index contributed by atoms with van der Waals surface area (Å²) >= 11 is 0. The molecule has 0 bridgehead atoms. The number of nitrogens with one attached hydrogen (secondary N) is 1. The standard InChI is InChI=1S/C8H14N4O/c1-12-5-10-11-8(12)7-3-6(13-2)4-9-7/h5-7,9H,3-4H2,1-2H3/t6-,7+/m0/s1. The Morgan fingerprint density at radius 2 is 2.54 bits per heavy atom. The van der Waals surface area contributed by atoms with Gasteiger partial charge in [-0.3, -0.25) is 0 Å². The second-order valence-electron chi connectivity index (χ2n) is 3.35. The highest BCUT2D eigenvalue weighted by Gasteiger charge is 2.27. The van der Waals surface area contributed by atoms with E-state index in [0.29, 0.717) is 6.10 Å². The Bertz CT molecular complexity index is 285. The Morgan fingerprint density at radius 1 is 1.69 bits per heavy atom. The van der Waals surface area contributed by atoms with Crippen LogP contribution in [0.15, 0.2) is 6.33 Å². The molecule has 0 radical (unpaired) electrons. The van der Waals surface area contributed by atoms with E-state index in [1.165, 1.54) is 0 Å². The molecule has 0 amide bonds. The van der Waals surface area contributed by atoms with Crippen molar-refractivity contribution in [2.45, 2.75) is 18.6 Å². The van der Waals surface area contributed by atoms with Crippen LogP contribution in [0.5, 0.6) is 0 Å². The molecule has 1 aliphatic heterocycles. The van der Waals surface area contributed by atoms with Crippen LogP contribution in [0.25, 0.3) is 0 Å². The summed E-state index contributed by atoms with van der Waals surface area (Å²) < 4.78 is 7.20. The van der Waals surface area contributed by atoms with E-state index in [1.54, 1.807) is 13.4 Å². The summed E-state index contributed by atoms with van der Waals surface area (Å²) in [6.45, 7) is 0.897. The third-order valence-electron chi connectivity index (χ3n) is 2.48. The van der Waals surface area contributed by atoms with Crippen LogP contribution in [-0.2, 0) is 11.8 Å². The molecule has 1 N–H and O–H groups in total. The Balaban J connectivity index is 2.08. The SMILES string of the molecule is CO[C@@H]1CN[C@@H](c2nncn2C)C1. The van der Waals surface area contributed by atoms with Crippen LogP contribution in [0.2, 0.25) is 0 Å². The van der Waals surface area contributed by atoms with Gasteiger partial charge in [0.25, 0.3) is 0 Å². The molecule has 1 fully saturated rings. The normalized spacial score (nSPS) is 28.2. The molecule has 0 saturated carbocycles. The molecular weight excluding hydrogens is 168 g/mol. The molecule has 2 rings (SSSR count). The maximum absolute atomic E-state index is 5.26. The molecule has 1 aliphatic rings. The first-order valence-corrected chi connectivity index (χ1v) is 4.41. The van der Waals surface area contributed by atoms with Crippen molar-refractivity contribution in [2.75, 3.05) is 13.7 Å². The van der Waals surface area contributed by atoms with Crippen molar-refractivity contribution in [3.8, 4) is 0 Å². The molecule has 2 heterocycles. The van der Waals surface area contributed by atoms with Crippen LogP contribution in [-0.4, -0.2) is 34.5 Å². The molecule has 2 atom stereocenters.